The molecule has 0 aliphatic rings. The molecule has 3 nitrogen and oxygen atoms in total. The molecule has 112 valence electrons. The summed E-state index contributed by atoms with van der Waals surface area (Å²) in [5, 5.41) is -0.0634. The van der Waals surface area contributed by atoms with Gasteiger partial charge in [0, 0.05) is 19.3 Å². The van der Waals surface area contributed by atoms with Crippen LogP contribution >= 0.6 is 11.8 Å². The molecule has 1 rings (SSSR count). The maximum absolute atomic E-state index is 12.0. The van der Waals surface area contributed by atoms with Crippen LogP contribution in [0.25, 0.3) is 0 Å². The lowest BCUT2D eigenvalue weighted by Crippen LogP contribution is -2.30. The fraction of sp³-hybridized carbons (Fsp3) is 0.500. The van der Waals surface area contributed by atoms with E-state index in [9.17, 15) is 13.6 Å². The van der Waals surface area contributed by atoms with E-state index < -0.39 is 6.61 Å². The van der Waals surface area contributed by atoms with Crippen LogP contribution in [0.2, 0.25) is 0 Å². The minimum atomic E-state index is -2.81. The number of carbonyl (C=O) groups excluding carboxylic acids is 1. The van der Waals surface area contributed by atoms with E-state index in [4.69, 9.17) is 0 Å². The van der Waals surface area contributed by atoms with Gasteiger partial charge in [0.25, 0.3) is 0 Å². The average Bonchev–Trinajstić information content (AvgIpc) is 2.37. The number of ether oxygens (including phenoxy) is 1. The second-order valence-electron chi connectivity index (χ2n) is 4.60. The molecule has 6 heteroatoms. The third kappa shape index (κ3) is 5.00. The van der Waals surface area contributed by atoms with Crippen LogP contribution < -0.4 is 4.74 Å². The fourth-order valence-corrected chi connectivity index (χ4v) is 2.98. The lowest BCUT2D eigenvalue weighted by atomic mass is 10.1. The number of hydrogen-bond acceptors (Lipinski definition) is 3. The van der Waals surface area contributed by atoms with Gasteiger partial charge in [0.1, 0.15) is 5.75 Å². The minimum Gasteiger partial charge on any atom is -0.435 e. The van der Waals surface area contributed by atoms with Gasteiger partial charge in [0.2, 0.25) is 5.91 Å². The van der Waals surface area contributed by atoms with E-state index in [1.807, 2.05) is 13.8 Å². The highest BCUT2D eigenvalue weighted by Gasteiger charge is 2.19. The first-order valence-corrected chi connectivity index (χ1v) is 7.17. The molecule has 1 aromatic rings. The third-order valence-corrected chi connectivity index (χ3v) is 4.06. The first-order valence-electron chi connectivity index (χ1n) is 6.22. The summed E-state index contributed by atoms with van der Waals surface area (Å²) in [6, 6.07) is 6.50. The smallest absolute Gasteiger partial charge is 0.387 e. The highest BCUT2D eigenvalue weighted by molar-refractivity contribution is 8.00. The molecule has 2 atom stereocenters. The second-order valence-corrected chi connectivity index (χ2v) is 6.29. The second kappa shape index (κ2) is 7.47. The van der Waals surface area contributed by atoms with Crippen molar-refractivity contribution in [3.63, 3.8) is 0 Å². The van der Waals surface area contributed by atoms with E-state index in [-0.39, 0.29) is 22.2 Å². The SMILES string of the molecule is CC(SC(C)c1ccc(OC(F)F)cc1)C(=O)N(C)C. The summed E-state index contributed by atoms with van der Waals surface area (Å²) in [5.41, 5.74) is 0.968. The van der Waals surface area contributed by atoms with Gasteiger partial charge in [-0.05, 0) is 31.5 Å². The molecule has 0 N–H and O–H groups in total. The van der Waals surface area contributed by atoms with Gasteiger partial charge in [0.05, 0.1) is 5.25 Å². The van der Waals surface area contributed by atoms with Gasteiger partial charge in [-0.1, -0.05) is 12.1 Å². The van der Waals surface area contributed by atoms with Crippen molar-refractivity contribution in [2.24, 2.45) is 0 Å². The van der Waals surface area contributed by atoms with Crippen molar-refractivity contribution >= 4 is 17.7 Å². The minimum absolute atomic E-state index is 0.0551. The Labute approximate surface area is 122 Å². The number of halogens is 2. The highest BCUT2D eigenvalue weighted by atomic mass is 32.2. The predicted molar refractivity (Wildman–Crippen MR) is 77.2 cm³/mol. The average molecular weight is 303 g/mol. The molecular formula is C14H19F2NO2S. The first-order chi connectivity index (χ1) is 9.31. The Morgan fingerprint density at radius 3 is 2.20 bits per heavy atom. The topological polar surface area (TPSA) is 29.5 Å². The number of rotatable bonds is 6. The quantitative estimate of drug-likeness (QED) is 0.805. The van der Waals surface area contributed by atoms with Crippen LogP contribution in [0.3, 0.4) is 0 Å². The van der Waals surface area contributed by atoms with E-state index in [2.05, 4.69) is 4.74 Å². The summed E-state index contributed by atoms with van der Waals surface area (Å²) in [6.45, 7) is 1.02. The standard InChI is InChI=1S/C14H19F2NO2S/c1-9(20-10(2)13(18)17(3)4)11-5-7-12(8-6-11)19-14(15)16/h5-10,14H,1-4H3. The number of carbonyl (C=O) groups is 1. The van der Waals surface area contributed by atoms with Crippen LogP contribution in [0, 0.1) is 0 Å². The zero-order chi connectivity index (χ0) is 15.3. The van der Waals surface area contributed by atoms with E-state index in [1.165, 1.54) is 23.9 Å². The molecule has 0 aromatic heterocycles. The van der Waals surface area contributed by atoms with Crippen LogP contribution in [0.5, 0.6) is 5.75 Å². The van der Waals surface area contributed by atoms with Gasteiger partial charge in [-0.2, -0.15) is 8.78 Å². The van der Waals surface area contributed by atoms with Crippen molar-refractivity contribution in [1.82, 2.24) is 4.90 Å². The molecule has 1 amide bonds. The molecule has 0 fully saturated rings. The maximum atomic E-state index is 12.0. The van der Waals surface area contributed by atoms with Gasteiger partial charge < -0.3 is 9.64 Å². The summed E-state index contributed by atoms with van der Waals surface area (Å²) in [7, 11) is 3.45. The number of benzene rings is 1. The van der Waals surface area contributed by atoms with Crippen molar-refractivity contribution in [1.29, 1.82) is 0 Å². The monoisotopic (exact) mass is 303 g/mol. The Bertz CT molecular complexity index is 437. The van der Waals surface area contributed by atoms with Crippen LogP contribution in [-0.2, 0) is 4.79 Å². The summed E-state index contributed by atoms with van der Waals surface area (Å²) >= 11 is 1.53. The molecule has 0 spiro atoms. The van der Waals surface area contributed by atoms with Gasteiger partial charge in [0.15, 0.2) is 0 Å². The Balaban J connectivity index is 2.63. The molecule has 0 radical (unpaired) electrons. The van der Waals surface area contributed by atoms with Gasteiger partial charge in [-0.15, -0.1) is 11.8 Å². The Hall–Kier alpha value is -1.30. The van der Waals surface area contributed by atoms with Gasteiger partial charge >= 0.3 is 6.61 Å². The molecule has 0 saturated heterocycles. The number of amides is 1. The van der Waals surface area contributed by atoms with Crippen LogP contribution in [0.15, 0.2) is 24.3 Å². The Morgan fingerprint density at radius 2 is 1.75 bits per heavy atom. The molecule has 0 aliphatic carbocycles. The molecule has 0 saturated carbocycles. The van der Waals surface area contributed by atoms with E-state index in [0.29, 0.717) is 0 Å². The molecule has 20 heavy (non-hydrogen) atoms. The van der Waals surface area contributed by atoms with E-state index >= 15 is 0 Å². The normalized spacial score (nSPS) is 13.9. The maximum Gasteiger partial charge on any atom is 0.387 e. The number of nitrogens with zero attached hydrogens (tertiary/aromatic N) is 1. The first kappa shape index (κ1) is 16.8. The van der Waals surface area contributed by atoms with Crippen molar-refractivity contribution in [3.05, 3.63) is 29.8 Å². The van der Waals surface area contributed by atoms with Crippen molar-refractivity contribution in [2.75, 3.05) is 14.1 Å². The van der Waals surface area contributed by atoms with Crippen molar-refractivity contribution in [2.45, 2.75) is 31.0 Å². The van der Waals surface area contributed by atoms with Crippen LogP contribution in [0.4, 0.5) is 8.78 Å². The van der Waals surface area contributed by atoms with Crippen LogP contribution in [0.1, 0.15) is 24.7 Å². The van der Waals surface area contributed by atoms with Crippen LogP contribution in [-0.4, -0.2) is 36.8 Å². The van der Waals surface area contributed by atoms with E-state index in [0.717, 1.165) is 5.56 Å². The number of thioether (sulfide) groups is 1. The van der Waals surface area contributed by atoms with Crippen molar-refractivity contribution in [3.8, 4) is 5.75 Å². The fourth-order valence-electron chi connectivity index (χ4n) is 1.73. The predicted octanol–water partition coefficient (Wildman–Crippen LogP) is 3.56. The van der Waals surface area contributed by atoms with E-state index in [1.54, 1.807) is 31.1 Å². The summed E-state index contributed by atoms with van der Waals surface area (Å²) in [4.78, 5) is 13.3. The molecule has 0 aliphatic heterocycles. The Kier molecular flexibility index (Phi) is 6.26. The molecule has 2 unspecified atom stereocenters. The Morgan fingerprint density at radius 1 is 1.20 bits per heavy atom. The molecule has 0 bridgehead atoms. The van der Waals surface area contributed by atoms with Gasteiger partial charge in [-0.25, -0.2) is 0 Å². The molecular weight excluding hydrogens is 284 g/mol. The summed E-state index contributed by atoms with van der Waals surface area (Å²) < 4.78 is 28.4. The highest BCUT2D eigenvalue weighted by Crippen LogP contribution is 2.33. The lowest BCUT2D eigenvalue weighted by Gasteiger charge is -2.20. The molecule has 0 heterocycles. The zero-order valence-corrected chi connectivity index (χ0v) is 12.8. The summed E-state index contributed by atoms with van der Waals surface area (Å²) in [6.07, 6.45) is 0. The lowest BCUT2D eigenvalue weighted by molar-refractivity contribution is -0.127. The largest absolute Gasteiger partial charge is 0.435 e. The molecule has 1 aromatic carbocycles. The number of hydrogen-bond donors (Lipinski definition) is 0. The zero-order valence-electron chi connectivity index (χ0n) is 12.0. The third-order valence-electron chi connectivity index (χ3n) is 2.77. The summed E-state index contributed by atoms with van der Waals surface area (Å²) in [5.74, 6) is 0.192. The van der Waals surface area contributed by atoms with Crippen molar-refractivity contribution < 1.29 is 18.3 Å². The number of alkyl halides is 2. The van der Waals surface area contributed by atoms with Gasteiger partial charge in [-0.3, -0.25) is 4.79 Å².